The molecule has 20 heavy (non-hydrogen) atoms. The Morgan fingerprint density at radius 2 is 1.80 bits per heavy atom. The first-order valence-electron chi connectivity index (χ1n) is 6.15. The first-order chi connectivity index (χ1) is 8.63. The van der Waals surface area contributed by atoms with Crippen LogP contribution in [0.4, 0.5) is 0 Å². The van der Waals surface area contributed by atoms with Crippen LogP contribution in [0.3, 0.4) is 0 Å². The number of aliphatic carboxylic acids is 1. The molecular formula is C15H21ClO4. The largest absolute Gasteiger partial charge is 0.481 e. The molecule has 0 spiro atoms. The number of hydrogen-bond donors (Lipinski definition) is 1. The van der Waals surface area contributed by atoms with Crippen LogP contribution in [0.15, 0.2) is 12.1 Å². The van der Waals surface area contributed by atoms with Gasteiger partial charge >= 0.3 is 11.9 Å². The summed E-state index contributed by atoms with van der Waals surface area (Å²) in [7, 11) is 0. The Kier molecular flexibility index (Phi) is 6.23. The fourth-order valence-electron chi connectivity index (χ4n) is 2.50. The van der Waals surface area contributed by atoms with E-state index in [1.807, 2.05) is 33.8 Å². The van der Waals surface area contributed by atoms with Crippen molar-refractivity contribution in [3.8, 4) is 5.75 Å². The van der Waals surface area contributed by atoms with Crippen LogP contribution in [0.5, 0.6) is 5.75 Å². The van der Waals surface area contributed by atoms with Gasteiger partial charge < -0.3 is 9.84 Å². The summed E-state index contributed by atoms with van der Waals surface area (Å²) in [5.74, 6) is -0.827. The van der Waals surface area contributed by atoms with E-state index in [1.54, 1.807) is 6.07 Å². The Bertz CT molecular complexity index is 521. The number of carboxylic acids is 1. The van der Waals surface area contributed by atoms with Crippen molar-refractivity contribution in [3.05, 3.63) is 28.8 Å². The predicted molar refractivity (Wildman–Crippen MR) is 79.8 cm³/mol. The molecule has 0 aliphatic rings. The molecule has 0 aliphatic heterocycles. The van der Waals surface area contributed by atoms with Gasteiger partial charge in [-0.3, -0.25) is 9.59 Å². The third kappa shape index (κ3) is 4.53. The standard InChI is InChI=1S/C15H20O4.ClH/c1-9-6-10(2)14(12(7-9)19-11(3)16)15(4,5)8-13(17)18;/h6-7H,8H2,1-5H3,(H,17,18);1H. The second kappa shape index (κ2) is 6.75. The highest BCUT2D eigenvalue weighted by Crippen LogP contribution is 2.37. The number of rotatable bonds is 4. The quantitative estimate of drug-likeness (QED) is 0.684. The van der Waals surface area contributed by atoms with E-state index in [2.05, 4.69) is 0 Å². The molecule has 0 amide bonds. The Labute approximate surface area is 125 Å². The highest BCUT2D eigenvalue weighted by atomic mass is 35.5. The monoisotopic (exact) mass is 300 g/mol. The van der Waals surface area contributed by atoms with Gasteiger partial charge in [-0.05, 0) is 31.0 Å². The number of benzene rings is 1. The molecule has 5 heteroatoms. The zero-order valence-electron chi connectivity index (χ0n) is 12.4. The molecule has 0 saturated carbocycles. The molecule has 0 heterocycles. The summed E-state index contributed by atoms with van der Waals surface area (Å²) in [6.07, 6.45) is -0.0227. The third-order valence-electron chi connectivity index (χ3n) is 2.97. The van der Waals surface area contributed by atoms with E-state index in [1.165, 1.54) is 6.92 Å². The van der Waals surface area contributed by atoms with Gasteiger partial charge in [-0.1, -0.05) is 19.9 Å². The van der Waals surface area contributed by atoms with Gasteiger partial charge in [-0.15, -0.1) is 12.4 Å². The summed E-state index contributed by atoms with van der Waals surface area (Å²) in [5.41, 5.74) is 2.08. The fourth-order valence-corrected chi connectivity index (χ4v) is 2.50. The summed E-state index contributed by atoms with van der Waals surface area (Å²) in [6.45, 7) is 8.83. The summed E-state index contributed by atoms with van der Waals surface area (Å²) in [4.78, 5) is 22.2. The predicted octanol–water partition coefficient (Wildman–Crippen LogP) is 3.40. The van der Waals surface area contributed by atoms with Gasteiger partial charge in [0.15, 0.2) is 0 Å². The number of carbonyl (C=O) groups is 2. The molecule has 0 aromatic heterocycles. The second-order valence-electron chi connectivity index (χ2n) is 5.50. The van der Waals surface area contributed by atoms with Gasteiger partial charge in [0.25, 0.3) is 0 Å². The first kappa shape index (κ1) is 18.4. The summed E-state index contributed by atoms with van der Waals surface area (Å²) in [5, 5.41) is 9.02. The van der Waals surface area contributed by atoms with Gasteiger partial charge in [-0.25, -0.2) is 0 Å². The number of aryl methyl sites for hydroxylation is 2. The number of carbonyl (C=O) groups excluding carboxylic acids is 1. The smallest absolute Gasteiger partial charge is 0.308 e. The van der Waals surface area contributed by atoms with E-state index < -0.39 is 17.4 Å². The SMILES string of the molecule is CC(=O)Oc1cc(C)cc(C)c1C(C)(C)CC(=O)O.Cl. The van der Waals surface area contributed by atoms with Crippen molar-refractivity contribution < 1.29 is 19.4 Å². The minimum absolute atomic E-state index is 0. The summed E-state index contributed by atoms with van der Waals surface area (Å²) < 4.78 is 5.24. The van der Waals surface area contributed by atoms with Gasteiger partial charge in [-0.2, -0.15) is 0 Å². The molecule has 0 saturated heterocycles. The number of hydrogen-bond acceptors (Lipinski definition) is 3. The topological polar surface area (TPSA) is 63.6 Å². The normalized spacial score (nSPS) is 10.7. The highest BCUT2D eigenvalue weighted by molar-refractivity contribution is 5.85. The van der Waals surface area contributed by atoms with Crippen molar-refractivity contribution in [2.24, 2.45) is 0 Å². The van der Waals surface area contributed by atoms with Crippen LogP contribution in [-0.2, 0) is 15.0 Å². The maximum absolute atomic E-state index is 11.2. The second-order valence-corrected chi connectivity index (χ2v) is 5.50. The van der Waals surface area contributed by atoms with Crippen LogP contribution >= 0.6 is 12.4 Å². The maximum atomic E-state index is 11.2. The van der Waals surface area contributed by atoms with Crippen LogP contribution in [0.1, 0.15) is 43.9 Å². The molecule has 4 nitrogen and oxygen atoms in total. The lowest BCUT2D eigenvalue weighted by atomic mass is 9.78. The zero-order valence-corrected chi connectivity index (χ0v) is 13.3. The van der Waals surface area contributed by atoms with Gasteiger partial charge in [0.2, 0.25) is 0 Å². The zero-order chi connectivity index (χ0) is 14.8. The summed E-state index contributed by atoms with van der Waals surface area (Å²) >= 11 is 0. The molecule has 0 radical (unpaired) electrons. The van der Waals surface area contributed by atoms with E-state index in [4.69, 9.17) is 9.84 Å². The van der Waals surface area contributed by atoms with Crippen molar-refractivity contribution in [2.45, 2.75) is 46.5 Å². The molecule has 0 aliphatic carbocycles. The van der Waals surface area contributed by atoms with Crippen molar-refractivity contribution in [1.29, 1.82) is 0 Å². The molecule has 1 aromatic rings. The molecular weight excluding hydrogens is 280 g/mol. The highest BCUT2D eigenvalue weighted by Gasteiger charge is 2.30. The van der Waals surface area contributed by atoms with Crippen LogP contribution in [0, 0.1) is 13.8 Å². The van der Waals surface area contributed by atoms with Crippen LogP contribution in [0.25, 0.3) is 0 Å². The van der Waals surface area contributed by atoms with Crippen LogP contribution in [0.2, 0.25) is 0 Å². The van der Waals surface area contributed by atoms with Crippen LogP contribution in [-0.4, -0.2) is 17.0 Å². The number of esters is 1. The van der Waals surface area contributed by atoms with E-state index in [-0.39, 0.29) is 18.8 Å². The third-order valence-corrected chi connectivity index (χ3v) is 2.97. The molecule has 0 fully saturated rings. The van der Waals surface area contributed by atoms with Crippen molar-refractivity contribution in [1.82, 2.24) is 0 Å². The van der Waals surface area contributed by atoms with Crippen molar-refractivity contribution >= 4 is 24.3 Å². The fraction of sp³-hybridized carbons (Fsp3) is 0.467. The maximum Gasteiger partial charge on any atom is 0.308 e. The number of carboxylic acid groups (broad SMARTS) is 1. The molecule has 0 atom stereocenters. The molecule has 0 unspecified atom stereocenters. The first-order valence-corrected chi connectivity index (χ1v) is 6.15. The Morgan fingerprint density at radius 1 is 1.25 bits per heavy atom. The Balaban J connectivity index is 0.00000361. The van der Waals surface area contributed by atoms with Gasteiger partial charge in [0.1, 0.15) is 5.75 Å². The minimum Gasteiger partial charge on any atom is -0.481 e. The lowest BCUT2D eigenvalue weighted by Gasteiger charge is -2.27. The van der Waals surface area contributed by atoms with Crippen molar-refractivity contribution in [2.75, 3.05) is 0 Å². The van der Waals surface area contributed by atoms with E-state index in [9.17, 15) is 9.59 Å². The van der Waals surface area contributed by atoms with Gasteiger partial charge in [0.05, 0.1) is 6.42 Å². The Hall–Kier alpha value is -1.55. The van der Waals surface area contributed by atoms with Crippen LogP contribution < -0.4 is 4.74 Å². The molecule has 0 bridgehead atoms. The summed E-state index contributed by atoms with van der Waals surface area (Å²) in [6, 6.07) is 3.74. The van der Waals surface area contributed by atoms with E-state index in [0.29, 0.717) is 5.75 Å². The average Bonchev–Trinajstić information content (AvgIpc) is 2.10. The van der Waals surface area contributed by atoms with E-state index >= 15 is 0 Å². The molecule has 1 rings (SSSR count). The minimum atomic E-state index is -0.876. The number of halogens is 1. The van der Waals surface area contributed by atoms with Crippen molar-refractivity contribution in [3.63, 3.8) is 0 Å². The Morgan fingerprint density at radius 3 is 2.25 bits per heavy atom. The molecule has 112 valence electrons. The lowest BCUT2D eigenvalue weighted by Crippen LogP contribution is -2.24. The average molecular weight is 301 g/mol. The van der Waals surface area contributed by atoms with E-state index in [0.717, 1.165) is 16.7 Å². The molecule has 1 aromatic carbocycles. The number of ether oxygens (including phenoxy) is 1. The molecule has 1 N–H and O–H groups in total. The lowest BCUT2D eigenvalue weighted by molar-refractivity contribution is -0.138. The van der Waals surface area contributed by atoms with Gasteiger partial charge in [0, 0.05) is 17.9 Å².